The third-order valence-corrected chi connectivity index (χ3v) is 4.37. The number of benzene rings is 2. The number of anilines is 1. The normalized spacial score (nSPS) is 11.7. The molecule has 3 rings (SSSR count). The number of carbonyl (C=O) groups is 1. The maximum absolute atomic E-state index is 12.4. The van der Waals surface area contributed by atoms with Crippen LogP contribution < -0.4 is 5.32 Å². The van der Waals surface area contributed by atoms with Crippen LogP contribution in [0.25, 0.3) is 11.3 Å². The van der Waals surface area contributed by atoms with Gasteiger partial charge in [0.2, 0.25) is 0 Å². The van der Waals surface area contributed by atoms with Crippen molar-refractivity contribution in [2.75, 3.05) is 5.32 Å². The average molecular weight is 402 g/mol. The Morgan fingerprint density at radius 3 is 2.57 bits per heavy atom. The second-order valence-electron chi connectivity index (χ2n) is 5.91. The van der Waals surface area contributed by atoms with Crippen molar-refractivity contribution in [1.29, 1.82) is 0 Å². The third-order valence-electron chi connectivity index (χ3n) is 4.03. The van der Waals surface area contributed by atoms with Gasteiger partial charge in [-0.2, -0.15) is 0 Å². The van der Waals surface area contributed by atoms with Crippen molar-refractivity contribution in [2.24, 2.45) is 7.05 Å². The maximum atomic E-state index is 12.4. The molecule has 0 unspecified atom stereocenters. The first kappa shape index (κ1) is 19.3. The molecule has 10 heteroatoms. The van der Waals surface area contributed by atoms with Crippen molar-refractivity contribution in [3.8, 4) is 11.3 Å². The summed E-state index contributed by atoms with van der Waals surface area (Å²) in [5, 5.41) is 21.8. The van der Waals surface area contributed by atoms with Crippen molar-refractivity contribution in [3.05, 3.63) is 69.2 Å². The van der Waals surface area contributed by atoms with Crippen molar-refractivity contribution >= 4 is 29.2 Å². The standard InChI is InChI=1S/C18H16ClN5O4/c1-11(14-5-3-4-6-15(14)19)28-18(25)20-17-16(21-22-23(17)2)12-7-9-13(10-8-12)24(26)27/h3-11H,1-2H3,(H,20,25)/t11-/m1/s1. The number of aryl methyl sites for hydroxylation is 1. The van der Waals surface area contributed by atoms with Gasteiger partial charge in [0.1, 0.15) is 11.8 Å². The molecular weight excluding hydrogens is 386 g/mol. The summed E-state index contributed by atoms with van der Waals surface area (Å²) in [6, 6.07) is 12.8. The first-order chi connectivity index (χ1) is 13.4. The number of hydrogen-bond donors (Lipinski definition) is 1. The lowest BCUT2D eigenvalue weighted by Crippen LogP contribution is -2.18. The van der Waals surface area contributed by atoms with Crippen LogP contribution in [0.3, 0.4) is 0 Å². The monoisotopic (exact) mass is 401 g/mol. The first-order valence-corrected chi connectivity index (χ1v) is 8.61. The number of nitrogens with zero attached hydrogens (tertiary/aromatic N) is 4. The second-order valence-corrected chi connectivity index (χ2v) is 6.32. The minimum atomic E-state index is -0.707. The van der Waals surface area contributed by atoms with Crippen molar-refractivity contribution in [3.63, 3.8) is 0 Å². The van der Waals surface area contributed by atoms with Crippen LogP contribution in [0.5, 0.6) is 0 Å². The van der Waals surface area contributed by atoms with E-state index in [2.05, 4.69) is 15.6 Å². The third kappa shape index (κ3) is 4.09. The molecule has 1 heterocycles. The van der Waals surface area contributed by atoms with E-state index in [0.29, 0.717) is 27.7 Å². The van der Waals surface area contributed by atoms with Crippen LogP contribution in [-0.2, 0) is 11.8 Å². The van der Waals surface area contributed by atoms with E-state index < -0.39 is 17.1 Å². The minimum absolute atomic E-state index is 0.0462. The molecule has 0 saturated carbocycles. The van der Waals surface area contributed by atoms with Crippen LogP contribution in [0.4, 0.5) is 16.3 Å². The Labute approximate surface area is 165 Å². The average Bonchev–Trinajstić information content (AvgIpc) is 3.02. The molecule has 0 spiro atoms. The second kappa shape index (κ2) is 8.05. The van der Waals surface area contributed by atoms with E-state index in [1.165, 1.54) is 28.9 Å². The summed E-state index contributed by atoms with van der Waals surface area (Å²) in [4.78, 5) is 22.7. The summed E-state index contributed by atoms with van der Waals surface area (Å²) < 4.78 is 6.77. The molecule has 1 aromatic heterocycles. The fourth-order valence-corrected chi connectivity index (χ4v) is 2.88. The number of carbonyl (C=O) groups excluding carboxylic acids is 1. The molecule has 1 N–H and O–H groups in total. The van der Waals surface area contributed by atoms with Gasteiger partial charge in [0.15, 0.2) is 5.82 Å². The van der Waals surface area contributed by atoms with Gasteiger partial charge in [-0.25, -0.2) is 9.48 Å². The molecule has 28 heavy (non-hydrogen) atoms. The summed E-state index contributed by atoms with van der Waals surface area (Å²) in [7, 11) is 1.61. The van der Waals surface area contributed by atoms with Gasteiger partial charge in [0, 0.05) is 35.3 Å². The van der Waals surface area contributed by atoms with Crippen molar-refractivity contribution < 1.29 is 14.5 Å². The molecule has 3 aromatic rings. The zero-order valence-corrected chi connectivity index (χ0v) is 15.8. The molecule has 0 fully saturated rings. The number of rotatable bonds is 5. The molecule has 1 amide bonds. The quantitative estimate of drug-likeness (QED) is 0.502. The number of ether oxygens (including phenoxy) is 1. The van der Waals surface area contributed by atoms with Gasteiger partial charge in [-0.15, -0.1) is 5.10 Å². The van der Waals surface area contributed by atoms with Crippen LogP contribution in [0.1, 0.15) is 18.6 Å². The summed E-state index contributed by atoms with van der Waals surface area (Å²) in [6.07, 6.45) is -1.28. The number of nitro groups is 1. The predicted molar refractivity (Wildman–Crippen MR) is 103 cm³/mol. The van der Waals surface area contributed by atoms with Gasteiger partial charge >= 0.3 is 6.09 Å². The Morgan fingerprint density at radius 2 is 1.93 bits per heavy atom. The molecule has 2 aromatic carbocycles. The Balaban J connectivity index is 1.77. The lowest BCUT2D eigenvalue weighted by molar-refractivity contribution is -0.384. The Hall–Kier alpha value is -3.46. The number of amides is 1. The Bertz CT molecular complexity index is 1020. The smallest absolute Gasteiger partial charge is 0.413 e. The van der Waals surface area contributed by atoms with Gasteiger partial charge in [-0.1, -0.05) is 35.0 Å². The van der Waals surface area contributed by atoms with Gasteiger partial charge in [0.05, 0.1) is 4.92 Å². The molecule has 0 saturated heterocycles. The van der Waals surface area contributed by atoms with Gasteiger partial charge in [-0.05, 0) is 25.1 Å². The highest BCUT2D eigenvalue weighted by molar-refractivity contribution is 6.31. The number of non-ortho nitro benzene ring substituents is 1. The van der Waals surface area contributed by atoms with Gasteiger partial charge in [0.25, 0.3) is 5.69 Å². The Kier molecular flexibility index (Phi) is 5.55. The SMILES string of the molecule is C[C@@H](OC(=O)Nc1c(-c2ccc([N+](=O)[O-])cc2)nnn1C)c1ccccc1Cl. The summed E-state index contributed by atoms with van der Waals surface area (Å²) in [6.45, 7) is 1.71. The number of nitro benzene ring substituents is 1. The van der Waals surface area contributed by atoms with Crippen LogP contribution in [0.2, 0.25) is 5.02 Å². The van der Waals surface area contributed by atoms with Crippen LogP contribution in [-0.4, -0.2) is 26.0 Å². The van der Waals surface area contributed by atoms with Crippen molar-refractivity contribution in [1.82, 2.24) is 15.0 Å². The van der Waals surface area contributed by atoms with Gasteiger partial charge < -0.3 is 4.74 Å². The van der Waals surface area contributed by atoms with E-state index in [0.717, 1.165) is 0 Å². The zero-order chi connectivity index (χ0) is 20.3. The van der Waals surface area contributed by atoms with E-state index in [1.807, 2.05) is 0 Å². The molecule has 0 radical (unpaired) electrons. The van der Waals surface area contributed by atoms with E-state index in [4.69, 9.17) is 16.3 Å². The molecule has 0 aliphatic heterocycles. The van der Waals surface area contributed by atoms with E-state index in [1.54, 1.807) is 38.2 Å². The Morgan fingerprint density at radius 1 is 1.25 bits per heavy atom. The largest absolute Gasteiger partial charge is 0.441 e. The van der Waals surface area contributed by atoms with Crippen LogP contribution in [0.15, 0.2) is 48.5 Å². The number of aromatic nitrogens is 3. The zero-order valence-electron chi connectivity index (χ0n) is 15.0. The molecule has 1 atom stereocenters. The van der Waals surface area contributed by atoms with Crippen molar-refractivity contribution in [2.45, 2.75) is 13.0 Å². The van der Waals surface area contributed by atoms with Crippen LogP contribution in [0, 0.1) is 10.1 Å². The molecular formula is C18H16ClN5O4. The van der Waals surface area contributed by atoms with E-state index >= 15 is 0 Å². The molecule has 0 aliphatic carbocycles. The fourth-order valence-electron chi connectivity index (χ4n) is 2.59. The first-order valence-electron chi connectivity index (χ1n) is 8.23. The summed E-state index contributed by atoms with van der Waals surface area (Å²) >= 11 is 6.13. The summed E-state index contributed by atoms with van der Waals surface area (Å²) in [5.74, 6) is 0.296. The highest BCUT2D eigenvalue weighted by Gasteiger charge is 2.20. The number of hydrogen-bond acceptors (Lipinski definition) is 6. The fraction of sp³-hybridized carbons (Fsp3) is 0.167. The van der Waals surface area contributed by atoms with E-state index in [-0.39, 0.29) is 5.69 Å². The van der Waals surface area contributed by atoms with E-state index in [9.17, 15) is 14.9 Å². The molecule has 0 bridgehead atoms. The highest BCUT2D eigenvalue weighted by atomic mass is 35.5. The molecule has 144 valence electrons. The highest BCUT2D eigenvalue weighted by Crippen LogP contribution is 2.28. The van der Waals surface area contributed by atoms with Gasteiger partial charge in [-0.3, -0.25) is 15.4 Å². The van der Waals surface area contributed by atoms with Crippen LogP contribution >= 0.6 is 11.6 Å². The topological polar surface area (TPSA) is 112 Å². The minimum Gasteiger partial charge on any atom is -0.441 e. The number of halogens is 1. The summed E-state index contributed by atoms with van der Waals surface area (Å²) in [5.41, 5.74) is 1.56. The molecule has 9 nitrogen and oxygen atoms in total. The maximum Gasteiger partial charge on any atom is 0.413 e. The molecule has 0 aliphatic rings. The predicted octanol–water partition coefficient (Wildman–Crippen LogP) is 4.35. The lowest BCUT2D eigenvalue weighted by atomic mass is 10.1. The lowest BCUT2D eigenvalue weighted by Gasteiger charge is -2.15. The number of nitrogens with one attached hydrogen (secondary N) is 1.